The van der Waals surface area contributed by atoms with E-state index < -0.39 is 5.97 Å². The van der Waals surface area contributed by atoms with Gasteiger partial charge in [0.1, 0.15) is 0 Å². The molecular weight excluding hydrogens is 394 g/mol. The number of fused-ring (bicyclic) bond motifs is 1. The van der Waals surface area contributed by atoms with Gasteiger partial charge in [0.15, 0.2) is 18.1 Å². The molecule has 2 aromatic carbocycles. The molecule has 1 aliphatic rings. The van der Waals surface area contributed by atoms with Crippen molar-refractivity contribution in [3.05, 3.63) is 65.2 Å². The number of carbonyl (C=O) groups is 2. The minimum absolute atomic E-state index is 0.0167. The predicted octanol–water partition coefficient (Wildman–Crippen LogP) is 4.19. The maximum atomic E-state index is 12.6. The summed E-state index contributed by atoms with van der Waals surface area (Å²) in [6.07, 6.45) is 5.90. The van der Waals surface area contributed by atoms with Crippen LogP contribution in [0.1, 0.15) is 42.5 Å². The van der Waals surface area contributed by atoms with Gasteiger partial charge in [-0.25, -0.2) is 4.79 Å². The van der Waals surface area contributed by atoms with Gasteiger partial charge in [-0.1, -0.05) is 30.3 Å². The number of esters is 1. The van der Waals surface area contributed by atoms with Crippen molar-refractivity contribution in [1.82, 2.24) is 4.90 Å². The molecule has 6 nitrogen and oxygen atoms in total. The van der Waals surface area contributed by atoms with Gasteiger partial charge in [0.2, 0.25) is 0 Å². The number of hydrogen-bond acceptors (Lipinski definition) is 5. The van der Waals surface area contributed by atoms with Crippen LogP contribution >= 0.6 is 0 Å². The Labute approximate surface area is 183 Å². The average Bonchev–Trinajstić information content (AvgIpc) is 2.81. The van der Waals surface area contributed by atoms with Crippen LogP contribution in [0, 0.1) is 0 Å². The Kier molecular flexibility index (Phi) is 7.70. The summed E-state index contributed by atoms with van der Waals surface area (Å²) in [6, 6.07) is 13.6. The van der Waals surface area contributed by atoms with Crippen molar-refractivity contribution < 1.29 is 23.8 Å². The van der Waals surface area contributed by atoms with Crippen LogP contribution in [0.3, 0.4) is 0 Å². The Morgan fingerprint density at radius 2 is 1.97 bits per heavy atom. The molecular formula is C25H29NO5. The summed E-state index contributed by atoms with van der Waals surface area (Å²) in [5.74, 6) is 0.439. The number of benzene rings is 2. The van der Waals surface area contributed by atoms with Gasteiger partial charge < -0.3 is 19.1 Å². The van der Waals surface area contributed by atoms with Crippen molar-refractivity contribution in [2.45, 2.75) is 32.2 Å². The smallest absolute Gasteiger partial charge is 0.331 e. The fraction of sp³-hybridized carbons (Fsp3) is 0.360. The number of amides is 1. The van der Waals surface area contributed by atoms with E-state index in [1.165, 1.54) is 17.2 Å². The molecule has 0 radical (unpaired) electrons. The largest absolute Gasteiger partial charge is 0.493 e. The number of likely N-dealkylation sites (N-methyl/N-ethyl adjacent to an activating group) is 1. The summed E-state index contributed by atoms with van der Waals surface area (Å²) in [7, 11) is 3.33. The molecule has 3 rings (SSSR count). The van der Waals surface area contributed by atoms with Gasteiger partial charge in [-0.3, -0.25) is 4.79 Å². The first-order chi connectivity index (χ1) is 15.0. The topological polar surface area (TPSA) is 65.1 Å². The number of methoxy groups -OCH3 is 1. The van der Waals surface area contributed by atoms with E-state index in [2.05, 4.69) is 12.1 Å². The minimum Gasteiger partial charge on any atom is -0.493 e. The Morgan fingerprint density at radius 3 is 2.74 bits per heavy atom. The van der Waals surface area contributed by atoms with Crippen molar-refractivity contribution in [3.63, 3.8) is 0 Å². The van der Waals surface area contributed by atoms with Crippen LogP contribution in [0.2, 0.25) is 0 Å². The molecule has 1 amide bonds. The fourth-order valence-corrected chi connectivity index (χ4v) is 3.81. The van der Waals surface area contributed by atoms with Crippen LogP contribution in [0.15, 0.2) is 48.5 Å². The zero-order valence-electron chi connectivity index (χ0n) is 18.3. The zero-order chi connectivity index (χ0) is 22.2. The first kappa shape index (κ1) is 22.4. The second kappa shape index (κ2) is 10.7. The SMILES string of the molecule is CCOc1ccc(/C=C/C(=O)OCC(=O)N(C)[C@H]2CCCc3ccccc32)cc1OC. The van der Waals surface area contributed by atoms with Crippen molar-refractivity contribution in [1.29, 1.82) is 0 Å². The van der Waals surface area contributed by atoms with E-state index in [9.17, 15) is 9.59 Å². The van der Waals surface area contributed by atoms with Crippen LogP contribution < -0.4 is 9.47 Å². The Morgan fingerprint density at radius 1 is 1.16 bits per heavy atom. The molecule has 0 bridgehead atoms. The van der Waals surface area contributed by atoms with Crippen molar-refractivity contribution in [2.24, 2.45) is 0 Å². The van der Waals surface area contributed by atoms with Gasteiger partial charge in [-0.2, -0.15) is 0 Å². The lowest BCUT2D eigenvalue weighted by Crippen LogP contribution is -2.36. The van der Waals surface area contributed by atoms with Crippen LogP contribution in [-0.2, 0) is 20.7 Å². The van der Waals surface area contributed by atoms with Crippen LogP contribution in [0.4, 0.5) is 0 Å². The quantitative estimate of drug-likeness (QED) is 0.471. The average molecular weight is 424 g/mol. The highest BCUT2D eigenvalue weighted by atomic mass is 16.5. The molecule has 0 unspecified atom stereocenters. The van der Waals surface area contributed by atoms with E-state index in [1.54, 1.807) is 37.3 Å². The van der Waals surface area contributed by atoms with Gasteiger partial charge in [0.25, 0.3) is 5.91 Å². The summed E-state index contributed by atoms with van der Waals surface area (Å²) in [6.45, 7) is 2.15. The third kappa shape index (κ3) is 5.66. The zero-order valence-corrected chi connectivity index (χ0v) is 18.3. The number of ether oxygens (including phenoxy) is 3. The highest BCUT2D eigenvalue weighted by Crippen LogP contribution is 2.33. The molecule has 31 heavy (non-hydrogen) atoms. The number of aryl methyl sites for hydroxylation is 1. The fourth-order valence-electron chi connectivity index (χ4n) is 3.81. The Balaban J connectivity index is 1.55. The molecule has 0 saturated carbocycles. The highest BCUT2D eigenvalue weighted by Gasteiger charge is 2.26. The molecule has 0 saturated heterocycles. The molecule has 0 spiro atoms. The van der Waals surface area contributed by atoms with E-state index in [4.69, 9.17) is 14.2 Å². The molecule has 0 aliphatic heterocycles. The molecule has 0 aromatic heterocycles. The predicted molar refractivity (Wildman–Crippen MR) is 119 cm³/mol. The Hall–Kier alpha value is -3.28. The number of carbonyl (C=O) groups excluding carboxylic acids is 2. The van der Waals surface area contributed by atoms with E-state index in [-0.39, 0.29) is 18.6 Å². The van der Waals surface area contributed by atoms with Crippen molar-refractivity contribution in [2.75, 3.05) is 27.4 Å². The molecule has 2 aromatic rings. The van der Waals surface area contributed by atoms with Crippen LogP contribution in [-0.4, -0.2) is 44.1 Å². The van der Waals surface area contributed by atoms with Crippen LogP contribution in [0.5, 0.6) is 11.5 Å². The molecule has 6 heteroatoms. The third-order valence-electron chi connectivity index (χ3n) is 5.44. The van der Waals surface area contributed by atoms with Crippen LogP contribution in [0.25, 0.3) is 6.08 Å². The molecule has 0 N–H and O–H groups in total. The van der Waals surface area contributed by atoms with E-state index in [0.717, 1.165) is 24.8 Å². The molecule has 1 aliphatic carbocycles. The number of nitrogens with zero attached hydrogens (tertiary/aromatic N) is 1. The standard InChI is InChI=1S/C25H29NO5/c1-4-30-22-14-12-18(16-23(22)29-3)13-15-25(28)31-17-24(27)26(2)21-11-7-9-19-8-5-6-10-20(19)21/h5-6,8,10,12-16,21H,4,7,9,11,17H2,1-3H3/b15-13+/t21-/m0/s1. The maximum absolute atomic E-state index is 12.6. The lowest BCUT2D eigenvalue weighted by molar-refractivity contribution is -0.148. The van der Waals surface area contributed by atoms with E-state index in [0.29, 0.717) is 18.1 Å². The third-order valence-corrected chi connectivity index (χ3v) is 5.44. The van der Waals surface area contributed by atoms with Gasteiger partial charge in [-0.15, -0.1) is 0 Å². The first-order valence-corrected chi connectivity index (χ1v) is 10.5. The molecule has 1 atom stereocenters. The summed E-state index contributed by atoms with van der Waals surface area (Å²) in [5.41, 5.74) is 3.23. The minimum atomic E-state index is -0.571. The molecule has 0 heterocycles. The van der Waals surface area contributed by atoms with Gasteiger partial charge in [-0.05, 0) is 61.1 Å². The van der Waals surface area contributed by atoms with Gasteiger partial charge in [0.05, 0.1) is 19.8 Å². The van der Waals surface area contributed by atoms with Gasteiger partial charge in [0, 0.05) is 13.1 Å². The number of rotatable bonds is 8. The second-order valence-electron chi connectivity index (χ2n) is 7.40. The summed E-state index contributed by atoms with van der Waals surface area (Å²) < 4.78 is 16.0. The Bertz CT molecular complexity index is 953. The molecule has 0 fully saturated rings. The van der Waals surface area contributed by atoms with E-state index in [1.807, 2.05) is 25.1 Å². The van der Waals surface area contributed by atoms with Crippen molar-refractivity contribution in [3.8, 4) is 11.5 Å². The maximum Gasteiger partial charge on any atom is 0.331 e. The summed E-state index contributed by atoms with van der Waals surface area (Å²) >= 11 is 0. The van der Waals surface area contributed by atoms with Gasteiger partial charge >= 0.3 is 5.97 Å². The summed E-state index contributed by atoms with van der Waals surface area (Å²) in [4.78, 5) is 26.4. The monoisotopic (exact) mass is 423 g/mol. The van der Waals surface area contributed by atoms with Crippen molar-refractivity contribution >= 4 is 18.0 Å². The second-order valence-corrected chi connectivity index (χ2v) is 7.40. The first-order valence-electron chi connectivity index (χ1n) is 10.5. The normalized spacial score (nSPS) is 15.3. The lowest BCUT2D eigenvalue weighted by atomic mass is 9.87. The van der Waals surface area contributed by atoms with E-state index >= 15 is 0 Å². The highest BCUT2D eigenvalue weighted by molar-refractivity contribution is 5.89. The lowest BCUT2D eigenvalue weighted by Gasteiger charge is -2.33. The number of hydrogen-bond donors (Lipinski definition) is 0. The summed E-state index contributed by atoms with van der Waals surface area (Å²) in [5, 5.41) is 0. The molecule has 164 valence electrons.